The first-order valence-corrected chi connectivity index (χ1v) is 12.3. The maximum atomic E-state index is 13.4. The van der Waals surface area contributed by atoms with Gasteiger partial charge in [0.15, 0.2) is 0 Å². The lowest BCUT2D eigenvalue weighted by atomic mass is 10.2. The number of pyridine rings is 1. The van der Waals surface area contributed by atoms with Crippen LogP contribution in [-0.2, 0) is 21.9 Å². The summed E-state index contributed by atoms with van der Waals surface area (Å²) in [5, 5.41) is 0. The molecular formula is C24H28F6N6O3. The molecule has 0 aromatic carbocycles. The maximum absolute atomic E-state index is 13.4. The van der Waals surface area contributed by atoms with Crippen molar-refractivity contribution in [2.75, 3.05) is 62.8 Å². The van der Waals surface area contributed by atoms with E-state index in [2.05, 4.69) is 15.0 Å². The molecule has 0 spiro atoms. The van der Waals surface area contributed by atoms with E-state index in [1.165, 1.54) is 6.20 Å². The molecule has 2 aromatic heterocycles. The van der Waals surface area contributed by atoms with E-state index < -0.39 is 29.4 Å². The predicted octanol–water partition coefficient (Wildman–Crippen LogP) is 3.64. The van der Waals surface area contributed by atoms with Gasteiger partial charge in [-0.1, -0.05) is 0 Å². The Hall–Kier alpha value is -3.36. The molecule has 0 aliphatic carbocycles. The number of hydrogen-bond donors (Lipinski definition) is 0. The molecule has 2 fully saturated rings. The number of ether oxygens (including phenoxy) is 2. The molecule has 2 aliphatic heterocycles. The molecule has 4 rings (SSSR count). The van der Waals surface area contributed by atoms with Crippen molar-refractivity contribution in [2.45, 2.75) is 37.7 Å². The molecule has 15 heteroatoms. The van der Waals surface area contributed by atoms with Gasteiger partial charge in [-0.25, -0.2) is 15.0 Å². The lowest BCUT2D eigenvalue weighted by molar-refractivity contribution is -0.139. The van der Waals surface area contributed by atoms with Crippen LogP contribution in [0.1, 0.15) is 30.4 Å². The highest BCUT2D eigenvalue weighted by molar-refractivity contribution is 5.76. The van der Waals surface area contributed by atoms with Gasteiger partial charge in [-0.05, 0) is 18.9 Å². The second kappa shape index (κ2) is 11.8. The second-order valence-corrected chi connectivity index (χ2v) is 9.20. The van der Waals surface area contributed by atoms with E-state index in [9.17, 15) is 31.1 Å². The first-order valence-electron chi connectivity index (χ1n) is 12.3. The van der Waals surface area contributed by atoms with Crippen LogP contribution in [0, 0.1) is 0 Å². The minimum Gasteiger partial charge on any atom is -0.481 e. The van der Waals surface area contributed by atoms with Crippen molar-refractivity contribution < 1.29 is 40.6 Å². The van der Waals surface area contributed by atoms with Crippen molar-refractivity contribution in [2.24, 2.45) is 0 Å². The van der Waals surface area contributed by atoms with Gasteiger partial charge in [-0.15, -0.1) is 0 Å². The van der Waals surface area contributed by atoms with Gasteiger partial charge in [0.2, 0.25) is 17.7 Å². The van der Waals surface area contributed by atoms with Crippen molar-refractivity contribution >= 4 is 17.5 Å². The third kappa shape index (κ3) is 6.99. The van der Waals surface area contributed by atoms with E-state index in [4.69, 9.17) is 9.47 Å². The zero-order chi connectivity index (χ0) is 28.2. The van der Waals surface area contributed by atoms with Crippen LogP contribution in [0.5, 0.6) is 5.88 Å². The number of rotatable bonds is 8. The monoisotopic (exact) mass is 562 g/mol. The van der Waals surface area contributed by atoms with Crippen molar-refractivity contribution in [1.29, 1.82) is 0 Å². The number of nitrogens with zero attached hydrogens (tertiary/aromatic N) is 6. The SMILES string of the molecule is COc1ncc(N2CCCC2COCCC(=O)N2CCN(c3ncc(C(F)(F)F)cn3)CC2)cc1C(F)(F)F. The Morgan fingerprint density at radius 3 is 2.28 bits per heavy atom. The van der Waals surface area contributed by atoms with Crippen molar-refractivity contribution in [3.8, 4) is 5.88 Å². The minimum absolute atomic E-state index is 0.125. The molecule has 0 radical (unpaired) electrons. The number of piperazine rings is 1. The van der Waals surface area contributed by atoms with E-state index in [0.29, 0.717) is 38.4 Å². The molecule has 39 heavy (non-hydrogen) atoms. The van der Waals surface area contributed by atoms with Crippen LogP contribution in [0.15, 0.2) is 24.7 Å². The Kier molecular flexibility index (Phi) is 8.67. The number of anilines is 2. The number of carbonyl (C=O) groups is 1. The summed E-state index contributed by atoms with van der Waals surface area (Å²) < 4.78 is 88.8. The molecule has 214 valence electrons. The molecule has 0 N–H and O–H groups in total. The number of carbonyl (C=O) groups excluding carboxylic acids is 1. The van der Waals surface area contributed by atoms with Crippen LogP contribution in [0.3, 0.4) is 0 Å². The van der Waals surface area contributed by atoms with Crippen molar-refractivity contribution in [3.05, 3.63) is 35.8 Å². The summed E-state index contributed by atoms with van der Waals surface area (Å²) in [6, 6.07) is 0.881. The van der Waals surface area contributed by atoms with Crippen LogP contribution >= 0.6 is 0 Å². The number of methoxy groups -OCH3 is 1. The van der Waals surface area contributed by atoms with Crippen LogP contribution < -0.4 is 14.5 Å². The van der Waals surface area contributed by atoms with Gasteiger partial charge < -0.3 is 24.2 Å². The average Bonchev–Trinajstić information content (AvgIpc) is 3.38. The van der Waals surface area contributed by atoms with Gasteiger partial charge in [-0.2, -0.15) is 26.3 Å². The summed E-state index contributed by atoms with van der Waals surface area (Å²) in [4.78, 5) is 29.2. The van der Waals surface area contributed by atoms with Crippen LogP contribution in [-0.4, -0.2) is 84.8 Å². The molecule has 2 saturated heterocycles. The Balaban J connectivity index is 1.22. The highest BCUT2D eigenvalue weighted by Gasteiger charge is 2.37. The number of hydrogen-bond acceptors (Lipinski definition) is 8. The molecule has 0 bridgehead atoms. The Labute approximate surface area is 220 Å². The largest absolute Gasteiger partial charge is 0.481 e. The van der Waals surface area contributed by atoms with E-state index >= 15 is 0 Å². The molecule has 4 heterocycles. The highest BCUT2D eigenvalue weighted by Crippen LogP contribution is 2.38. The lowest BCUT2D eigenvalue weighted by Crippen LogP contribution is -2.49. The molecule has 2 aromatic rings. The fourth-order valence-corrected chi connectivity index (χ4v) is 4.64. The summed E-state index contributed by atoms with van der Waals surface area (Å²) in [6.45, 7) is 2.46. The Bertz CT molecular complexity index is 1120. The first kappa shape index (κ1) is 28.6. The van der Waals surface area contributed by atoms with Crippen LogP contribution in [0.2, 0.25) is 0 Å². The fraction of sp³-hybridized carbons (Fsp3) is 0.583. The third-order valence-electron chi connectivity index (χ3n) is 6.70. The fourth-order valence-electron chi connectivity index (χ4n) is 4.64. The Morgan fingerprint density at radius 2 is 1.67 bits per heavy atom. The second-order valence-electron chi connectivity index (χ2n) is 9.20. The van der Waals surface area contributed by atoms with E-state index in [-0.39, 0.29) is 37.5 Å². The summed E-state index contributed by atoms with van der Waals surface area (Å²) in [7, 11) is 1.14. The van der Waals surface area contributed by atoms with Gasteiger partial charge in [0, 0.05) is 45.1 Å². The van der Waals surface area contributed by atoms with Gasteiger partial charge >= 0.3 is 12.4 Å². The molecule has 2 aliphatic rings. The molecule has 1 amide bonds. The number of alkyl halides is 6. The summed E-state index contributed by atoms with van der Waals surface area (Å²) in [6.07, 6.45) is -4.63. The lowest BCUT2D eigenvalue weighted by Gasteiger charge is -2.34. The van der Waals surface area contributed by atoms with Gasteiger partial charge in [-0.3, -0.25) is 4.79 Å². The topological polar surface area (TPSA) is 83.9 Å². The van der Waals surface area contributed by atoms with E-state index in [0.717, 1.165) is 38.4 Å². The zero-order valence-corrected chi connectivity index (χ0v) is 21.1. The number of amides is 1. The zero-order valence-electron chi connectivity index (χ0n) is 21.1. The van der Waals surface area contributed by atoms with Crippen LogP contribution in [0.4, 0.5) is 38.0 Å². The Morgan fingerprint density at radius 1 is 0.974 bits per heavy atom. The predicted molar refractivity (Wildman–Crippen MR) is 127 cm³/mol. The quantitative estimate of drug-likeness (QED) is 0.356. The molecular weight excluding hydrogens is 534 g/mol. The summed E-state index contributed by atoms with van der Waals surface area (Å²) >= 11 is 0. The van der Waals surface area contributed by atoms with Crippen molar-refractivity contribution in [1.82, 2.24) is 19.9 Å². The van der Waals surface area contributed by atoms with E-state index in [1.54, 1.807) is 9.80 Å². The first-order chi connectivity index (χ1) is 18.5. The molecule has 1 atom stereocenters. The van der Waals surface area contributed by atoms with Gasteiger partial charge in [0.25, 0.3) is 0 Å². The molecule has 9 nitrogen and oxygen atoms in total. The highest BCUT2D eigenvalue weighted by atomic mass is 19.4. The number of halogens is 6. The van der Waals surface area contributed by atoms with E-state index in [1.807, 2.05) is 4.90 Å². The maximum Gasteiger partial charge on any atom is 0.421 e. The van der Waals surface area contributed by atoms with Crippen molar-refractivity contribution in [3.63, 3.8) is 0 Å². The standard InChI is InChI=1S/C24H28F6N6O3/c1-38-21-19(24(28,29)30)11-18(14-31-21)36-5-2-3-17(36)15-39-10-4-20(37)34-6-8-35(9-7-34)22-32-12-16(13-33-22)23(25,26)27/h11-14,17H,2-10,15H2,1H3. The van der Waals surface area contributed by atoms with Crippen LogP contribution in [0.25, 0.3) is 0 Å². The molecule has 1 unspecified atom stereocenters. The minimum atomic E-state index is -4.60. The number of aromatic nitrogens is 3. The third-order valence-corrected chi connectivity index (χ3v) is 6.70. The smallest absolute Gasteiger partial charge is 0.421 e. The summed E-state index contributed by atoms with van der Waals surface area (Å²) in [5.74, 6) is -0.432. The molecule has 0 saturated carbocycles. The average molecular weight is 563 g/mol. The van der Waals surface area contributed by atoms with Gasteiger partial charge in [0.05, 0.1) is 50.2 Å². The normalized spacial score (nSPS) is 18.5. The summed E-state index contributed by atoms with van der Waals surface area (Å²) in [5.41, 5.74) is -1.53. The van der Waals surface area contributed by atoms with Gasteiger partial charge in [0.1, 0.15) is 5.56 Å².